The molecule has 0 bridgehead atoms. The Balaban J connectivity index is 2.59. The molecule has 0 aromatic heterocycles. The van der Waals surface area contributed by atoms with Gasteiger partial charge in [-0.1, -0.05) is 280 Å². The lowest BCUT2D eigenvalue weighted by Gasteiger charge is -2.41. The zero-order valence-corrected chi connectivity index (χ0v) is 50.7. The summed E-state index contributed by atoms with van der Waals surface area (Å²) in [4.78, 5) is 26.5. The van der Waals surface area contributed by atoms with E-state index < -0.39 is 67.4 Å². The molecule has 1 saturated heterocycles. The van der Waals surface area contributed by atoms with Crippen molar-refractivity contribution in [3.63, 3.8) is 0 Å². The number of rotatable bonds is 55. The zero-order valence-electron chi connectivity index (χ0n) is 50.7. The summed E-state index contributed by atoms with van der Waals surface area (Å²) in [7, 11) is 0. The molecular weight excluding hydrogens is 991 g/mol. The highest BCUT2D eigenvalue weighted by molar-refractivity contribution is 5.80. The summed E-state index contributed by atoms with van der Waals surface area (Å²) >= 11 is 0. The van der Waals surface area contributed by atoms with Crippen molar-refractivity contribution in [1.29, 1.82) is 0 Å². The van der Waals surface area contributed by atoms with Crippen molar-refractivity contribution in [2.24, 2.45) is 0 Å². The molecule has 0 saturated carbocycles. The highest BCUT2D eigenvalue weighted by Gasteiger charge is 2.47. The Morgan fingerprint density at radius 1 is 0.506 bits per heavy atom. The van der Waals surface area contributed by atoms with Crippen LogP contribution in [-0.2, 0) is 23.8 Å². The lowest BCUT2D eigenvalue weighted by atomic mass is 9.99. The molecule has 0 spiro atoms. The summed E-state index contributed by atoms with van der Waals surface area (Å²) in [5, 5.41) is 57.0. The second-order valence-corrected chi connectivity index (χ2v) is 22.5. The minimum Gasteiger partial charge on any atom is -0.454 e. The highest BCUT2D eigenvalue weighted by Crippen LogP contribution is 2.26. The van der Waals surface area contributed by atoms with Crippen LogP contribution in [0.4, 0.5) is 0 Å². The fourth-order valence-corrected chi connectivity index (χ4v) is 9.97. The summed E-state index contributed by atoms with van der Waals surface area (Å²) in [6.07, 6.45) is 60.9. The number of hydrogen-bond acceptors (Lipinski definition) is 10. The van der Waals surface area contributed by atoms with E-state index in [4.69, 9.17) is 14.2 Å². The Kier molecular flexibility index (Phi) is 52.2. The van der Waals surface area contributed by atoms with Gasteiger partial charge in [-0.3, -0.25) is 9.59 Å². The van der Waals surface area contributed by atoms with Crippen LogP contribution < -0.4 is 5.32 Å². The maximum atomic E-state index is 13.5. The van der Waals surface area contributed by atoms with Crippen LogP contribution in [0.5, 0.6) is 0 Å². The van der Waals surface area contributed by atoms with Gasteiger partial charge in [-0.25, -0.2) is 0 Å². The number of allylic oxidation sites excluding steroid dienone is 11. The van der Waals surface area contributed by atoms with Crippen molar-refractivity contribution in [3.05, 3.63) is 72.9 Å². The van der Waals surface area contributed by atoms with Gasteiger partial charge in [0.25, 0.3) is 0 Å². The maximum absolute atomic E-state index is 13.5. The summed E-state index contributed by atoms with van der Waals surface area (Å²) in [5.74, 6) is -1.19. The molecule has 11 nitrogen and oxygen atoms in total. The number of esters is 1. The van der Waals surface area contributed by atoms with E-state index in [1.54, 1.807) is 6.08 Å². The Morgan fingerprint density at radius 3 is 1.37 bits per heavy atom. The van der Waals surface area contributed by atoms with E-state index >= 15 is 0 Å². The normalized spacial score (nSPS) is 19.3. The van der Waals surface area contributed by atoms with Crippen LogP contribution in [0.1, 0.15) is 284 Å². The fraction of sp³-hybridized carbons (Fsp3) is 0.794. The van der Waals surface area contributed by atoms with Crippen molar-refractivity contribution in [2.75, 3.05) is 13.2 Å². The number of nitrogens with one attached hydrogen (secondary N) is 1. The molecule has 0 aromatic carbocycles. The lowest BCUT2D eigenvalue weighted by molar-refractivity contribution is -0.305. The summed E-state index contributed by atoms with van der Waals surface area (Å²) < 4.78 is 17.6. The van der Waals surface area contributed by atoms with E-state index in [9.17, 15) is 35.1 Å². The van der Waals surface area contributed by atoms with Crippen molar-refractivity contribution in [2.45, 2.75) is 333 Å². The summed E-state index contributed by atoms with van der Waals surface area (Å²) in [5.41, 5.74) is 0. The number of amides is 1. The average Bonchev–Trinajstić information content (AvgIpc) is 3.51. The van der Waals surface area contributed by atoms with E-state index in [1.165, 1.54) is 141 Å². The van der Waals surface area contributed by atoms with Crippen LogP contribution >= 0.6 is 0 Å². The number of carbonyl (C=O) groups excluding carboxylic acids is 2. The predicted molar refractivity (Wildman–Crippen MR) is 329 cm³/mol. The second kappa shape index (κ2) is 55.6. The topological polar surface area (TPSA) is 175 Å². The third-order valence-corrected chi connectivity index (χ3v) is 15.1. The van der Waals surface area contributed by atoms with Gasteiger partial charge < -0.3 is 45.1 Å². The van der Waals surface area contributed by atoms with E-state index in [0.717, 1.165) is 96.3 Å². The quantitative estimate of drug-likeness (QED) is 0.0195. The maximum Gasteiger partial charge on any atom is 0.306 e. The van der Waals surface area contributed by atoms with Gasteiger partial charge >= 0.3 is 5.97 Å². The second-order valence-electron chi connectivity index (χ2n) is 22.5. The molecule has 79 heavy (non-hydrogen) atoms. The largest absolute Gasteiger partial charge is 0.454 e. The van der Waals surface area contributed by atoms with Crippen LogP contribution in [0.2, 0.25) is 0 Å². The molecular formula is C68H121NO10. The first-order valence-electron chi connectivity index (χ1n) is 32.7. The minimum atomic E-state index is -1.61. The highest BCUT2D eigenvalue weighted by atomic mass is 16.7. The number of unbranched alkanes of at least 4 members (excludes halogenated alkanes) is 31. The van der Waals surface area contributed by atoms with Gasteiger partial charge in [-0.15, -0.1) is 0 Å². The van der Waals surface area contributed by atoms with Crippen molar-refractivity contribution < 1.29 is 49.3 Å². The zero-order chi connectivity index (χ0) is 57.5. The van der Waals surface area contributed by atoms with Gasteiger partial charge in [-0.05, 0) is 70.6 Å². The summed E-state index contributed by atoms with van der Waals surface area (Å²) in [6.45, 7) is 5.67. The molecule has 1 aliphatic rings. The molecule has 0 radical (unpaired) electrons. The van der Waals surface area contributed by atoms with Crippen molar-refractivity contribution in [1.82, 2.24) is 5.32 Å². The Bertz CT molecular complexity index is 1560. The van der Waals surface area contributed by atoms with Crippen LogP contribution in [-0.4, -0.2) is 99.6 Å². The number of carbonyl (C=O) groups is 2. The molecule has 458 valence electrons. The molecule has 8 unspecified atom stereocenters. The van der Waals surface area contributed by atoms with Crippen LogP contribution in [0, 0.1) is 0 Å². The monoisotopic (exact) mass is 1110 g/mol. The van der Waals surface area contributed by atoms with E-state index in [0.29, 0.717) is 12.8 Å². The Labute approximate surface area is 483 Å². The third kappa shape index (κ3) is 43.5. The lowest BCUT2D eigenvalue weighted by Crippen LogP contribution is -2.61. The molecule has 8 atom stereocenters. The smallest absolute Gasteiger partial charge is 0.306 e. The van der Waals surface area contributed by atoms with E-state index in [2.05, 4.69) is 86.8 Å². The molecule has 0 aliphatic carbocycles. The van der Waals surface area contributed by atoms with Crippen molar-refractivity contribution >= 4 is 11.9 Å². The van der Waals surface area contributed by atoms with Crippen LogP contribution in [0.25, 0.3) is 0 Å². The number of ether oxygens (including phenoxy) is 3. The number of aliphatic hydroxyl groups excluding tert-OH is 5. The van der Waals surface area contributed by atoms with Crippen molar-refractivity contribution in [3.8, 4) is 0 Å². The fourth-order valence-electron chi connectivity index (χ4n) is 9.97. The molecule has 1 heterocycles. The van der Waals surface area contributed by atoms with Gasteiger partial charge in [-0.2, -0.15) is 0 Å². The van der Waals surface area contributed by atoms with E-state index in [-0.39, 0.29) is 19.4 Å². The van der Waals surface area contributed by atoms with Gasteiger partial charge in [0.2, 0.25) is 5.91 Å². The first-order chi connectivity index (χ1) is 38.7. The molecule has 1 fully saturated rings. The first-order valence-corrected chi connectivity index (χ1v) is 32.7. The Morgan fingerprint density at radius 2 is 0.911 bits per heavy atom. The molecule has 11 heteroatoms. The first kappa shape index (κ1) is 74.1. The van der Waals surface area contributed by atoms with Gasteiger partial charge in [0.1, 0.15) is 24.4 Å². The van der Waals surface area contributed by atoms with Crippen LogP contribution in [0.15, 0.2) is 72.9 Å². The molecule has 1 aliphatic heterocycles. The standard InChI is InChI=1S/C68H121NO10/c1-4-7-10-13-16-19-22-24-25-26-27-28-29-30-31-32-33-34-35-36-38-41-43-46-49-52-55-61(72)67(76)69-59(60(71)54-51-48-45-42-40-37-23-20-17-14-11-8-5-2)58-77-68-66(65(75)64(74)62(57-70)78-68)79-63(73)56-53-50-47-44-39-21-18-15-12-9-6-3/h7,10,16,19,24-25,27-28,30-31,51,54,59-62,64-66,68,70-72,74-75H,4-6,8-9,11-15,17-18,20-23,26,29,32-50,52-53,55-58H2,1-3H3,(H,69,76)/b10-7-,19-16-,25-24-,28-27-,31-30-,54-51+. The van der Waals surface area contributed by atoms with Crippen LogP contribution in [0.3, 0.4) is 0 Å². The molecule has 6 N–H and O–H groups in total. The van der Waals surface area contributed by atoms with E-state index in [1.807, 2.05) is 6.08 Å². The summed E-state index contributed by atoms with van der Waals surface area (Å²) in [6, 6.07) is -1.03. The van der Waals surface area contributed by atoms with Gasteiger partial charge in [0.15, 0.2) is 12.4 Å². The third-order valence-electron chi connectivity index (χ3n) is 15.1. The number of hydrogen-bond donors (Lipinski definition) is 6. The molecule has 1 amide bonds. The molecule has 0 aromatic rings. The number of aliphatic hydroxyl groups is 5. The minimum absolute atomic E-state index is 0.125. The van der Waals surface area contributed by atoms with Gasteiger partial charge in [0.05, 0.1) is 25.4 Å². The molecule has 1 rings (SSSR count). The Hall–Kier alpha value is -2.90. The average molecular weight is 1110 g/mol. The predicted octanol–water partition coefficient (Wildman–Crippen LogP) is 16.0. The van der Waals surface area contributed by atoms with Gasteiger partial charge in [0, 0.05) is 6.42 Å². The SMILES string of the molecule is CC/C=C\C/C=C\C/C=C\C/C=C\C/C=C\CCCCCCCCCCCCC(O)C(=O)NC(COC1OC(CO)C(O)C(O)C1OC(=O)CCCCCCCCCCCCC)C(O)/C=C/CCCCCCCCCCCCC.